The summed E-state index contributed by atoms with van der Waals surface area (Å²) >= 11 is 0. The second kappa shape index (κ2) is 4.97. The molecule has 0 amide bonds. The minimum atomic E-state index is 0.489. The fourth-order valence-electron chi connectivity index (χ4n) is 3.39. The summed E-state index contributed by atoms with van der Waals surface area (Å²) in [6, 6.07) is 8.17. The van der Waals surface area contributed by atoms with E-state index in [0.717, 1.165) is 24.3 Å². The van der Waals surface area contributed by atoms with Gasteiger partial charge in [-0.1, -0.05) is 13.8 Å². The Hall–Kier alpha value is -1.77. The van der Waals surface area contributed by atoms with E-state index in [2.05, 4.69) is 35.9 Å². The lowest BCUT2D eigenvalue weighted by molar-refractivity contribution is 0.301. The number of rotatable bonds is 3. The fourth-order valence-corrected chi connectivity index (χ4v) is 3.39. The van der Waals surface area contributed by atoms with Crippen molar-refractivity contribution in [2.45, 2.75) is 33.1 Å². The predicted octanol–water partition coefficient (Wildman–Crippen LogP) is 3.83. The summed E-state index contributed by atoms with van der Waals surface area (Å²) in [4.78, 5) is 6.97. The lowest BCUT2D eigenvalue weighted by Gasteiger charge is -2.27. The van der Waals surface area contributed by atoms with Crippen molar-refractivity contribution in [1.29, 1.82) is 0 Å². The molecule has 0 atom stereocenters. The Labute approximate surface area is 120 Å². The van der Waals surface area contributed by atoms with Gasteiger partial charge in [-0.3, -0.25) is 4.98 Å². The van der Waals surface area contributed by atoms with Crippen LogP contribution >= 0.6 is 0 Å². The Bertz CT molecular complexity index is 617. The molecule has 2 N–H and O–H groups in total. The van der Waals surface area contributed by atoms with Gasteiger partial charge >= 0.3 is 0 Å². The van der Waals surface area contributed by atoms with Crippen LogP contribution in [0.4, 0.5) is 11.4 Å². The molecule has 0 radical (unpaired) electrons. The average Bonchev–Trinajstić information content (AvgIpc) is 2.91. The van der Waals surface area contributed by atoms with Crippen LogP contribution in [0.15, 0.2) is 30.5 Å². The monoisotopic (exact) mass is 269 g/mol. The van der Waals surface area contributed by atoms with Crippen molar-refractivity contribution in [3.63, 3.8) is 0 Å². The minimum Gasteiger partial charge on any atom is -0.399 e. The van der Waals surface area contributed by atoms with Crippen molar-refractivity contribution in [1.82, 2.24) is 4.98 Å². The smallest absolute Gasteiger partial charge is 0.0743 e. The molecular formula is C17H23N3. The second-order valence-electron chi connectivity index (χ2n) is 5.99. The molecule has 0 bridgehead atoms. The Balaban J connectivity index is 1.99. The number of nitrogens with zero attached hydrogens (tertiary/aromatic N) is 2. The molecule has 1 aromatic carbocycles. The molecule has 2 aromatic rings. The van der Waals surface area contributed by atoms with Gasteiger partial charge in [-0.2, -0.15) is 0 Å². The first-order valence-electron chi connectivity index (χ1n) is 7.57. The third-order valence-corrected chi connectivity index (χ3v) is 5.02. The van der Waals surface area contributed by atoms with Gasteiger partial charge in [0.05, 0.1) is 5.52 Å². The van der Waals surface area contributed by atoms with Crippen LogP contribution in [-0.2, 0) is 0 Å². The standard InChI is InChI=1S/C17H23N3/c1-3-17(4-2)8-10-20(12-17)16-7-9-19-15-11-13(18)5-6-14(15)16/h5-7,9,11H,3-4,8,10,12,18H2,1-2H3. The Kier molecular flexibility index (Phi) is 3.28. The number of fused-ring (bicyclic) bond motifs is 1. The molecule has 1 aromatic heterocycles. The summed E-state index contributed by atoms with van der Waals surface area (Å²) in [6.07, 6.45) is 5.71. The van der Waals surface area contributed by atoms with E-state index in [0.29, 0.717) is 5.41 Å². The zero-order chi connectivity index (χ0) is 14.2. The maximum absolute atomic E-state index is 5.86. The lowest BCUT2D eigenvalue weighted by atomic mass is 9.82. The number of nitrogen functional groups attached to an aromatic ring is 1. The highest BCUT2D eigenvalue weighted by atomic mass is 15.2. The van der Waals surface area contributed by atoms with Gasteiger partial charge in [0.15, 0.2) is 0 Å². The molecule has 1 aliphatic rings. The Morgan fingerprint density at radius 1 is 1.25 bits per heavy atom. The van der Waals surface area contributed by atoms with Crippen LogP contribution in [0.25, 0.3) is 10.9 Å². The maximum Gasteiger partial charge on any atom is 0.0743 e. The molecule has 106 valence electrons. The van der Waals surface area contributed by atoms with E-state index >= 15 is 0 Å². The third kappa shape index (κ3) is 2.11. The Morgan fingerprint density at radius 2 is 2.05 bits per heavy atom. The Morgan fingerprint density at radius 3 is 2.75 bits per heavy atom. The van der Waals surface area contributed by atoms with E-state index in [1.807, 2.05) is 18.3 Å². The van der Waals surface area contributed by atoms with Crippen LogP contribution in [0.2, 0.25) is 0 Å². The van der Waals surface area contributed by atoms with E-state index < -0.39 is 0 Å². The summed E-state index contributed by atoms with van der Waals surface area (Å²) < 4.78 is 0. The first-order chi connectivity index (χ1) is 9.67. The van der Waals surface area contributed by atoms with Crippen molar-refractivity contribution in [2.75, 3.05) is 23.7 Å². The molecule has 3 heteroatoms. The number of aromatic nitrogens is 1. The largest absolute Gasteiger partial charge is 0.399 e. The summed E-state index contributed by atoms with van der Waals surface area (Å²) in [6.45, 7) is 6.94. The van der Waals surface area contributed by atoms with Gasteiger partial charge in [-0.25, -0.2) is 0 Å². The summed E-state index contributed by atoms with van der Waals surface area (Å²) in [5.74, 6) is 0. The predicted molar refractivity (Wildman–Crippen MR) is 86.0 cm³/mol. The van der Waals surface area contributed by atoms with Crippen molar-refractivity contribution in [3.05, 3.63) is 30.5 Å². The summed E-state index contributed by atoms with van der Waals surface area (Å²) in [5.41, 5.74) is 9.43. The van der Waals surface area contributed by atoms with Gasteiger partial charge in [-0.15, -0.1) is 0 Å². The summed E-state index contributed by atoms with van der Waals surface area (Å²) in [7, 11) is 0. The molecular weight excluding hydrogens is 246 g/mol. The quantitative estimate of drug-likeness (QED) is 0.861. The van der Waals surface area contributed by atoms with Crippen LogP contribution in [0, 0.1) is 5.41 Å². The van der Waals surface area contributed by atoms with E-state index in [1.165, 1.54) is 30.3 Å². The van der Waals surface area contributed by atoms with Crippen LogP contribution in [0.5, 0.6) is 0 Å². The van der Waals surface area contributed by atoms with Crippen LogP contribution in [0.3, 0.4) is 0 Å². The molecule has 0 spiro atoms. The zero-order valence-electron chi connectivity index (χ0n) is 12.4. The van der Waals surface area contributed by atoms with E-state index in [-0.39, 0.29) is 0 Å². The van der Waals surface area contributed by atoms with Crippen molar-refractivity contribution >= 4 is 22.3 Å². The van der Waals surface area contributed by atoms with Gasteiger partial charge in [0, 0.05) is 36.0 Å². The number of pyridine rings is 1. The van der Waals surface area contributed by atoms with Crippen LogP contribution in [0.1, 0.15) is 33.1 Å². The maximum atomic E-state index is 5.86. The highest BCUT2D eigenvalue weighted by molar-refractivity contribution is 5.93. The summed E-state index contributed by atoms with van der Waals surface area (Å²) in [5, 5.41) is 1.21. The van der Waals surface area contributed by atoms with Crippen molar-refractivity contribution in [3.8, 4) is 0 Å². The number of nitrogens with two attached hydrogens (primary N) is 1. The number of benzene rings is 1. The molecule has 1 saturated heterocycles. The fraction of sp³-hybridized carbons (Fsp3) is 0.471. The van der Waals surface area contributed by atoms with Crippen molar-refractivity contribution < 1.29 is 0 Å². The number of hydrogen-bond donors (Lipinski definition) is 1. The molecule has 20 heavy (non-hydrogen) atoms. The number of hydrogen-bond acceptors (Lipinski definition) is 3. The molecule has 1 aliphatic heterocycles. The van der Waals surface area contributed by atoms with Gasteiger partial charge in [0.2, 0.25) is 0 Å². The normalized spacial score (nSPS) is 17.8. The van der Waals surface area contributed by atoms with E-state index in [1.54, 1.807) is 0 Å². The van der Waals surface area contributed by atoms with Gasteiger partial charge in [0.1, 0.15) is 0 Å². The average molecular weight is 269 g/mol. The first-order valence-corrected chi connectivity index (χ1v) is 7.57. The number of anilines is 2. The van der Waals surface area contributed by atoms with Gasteiger partial charge in [0.25, 0.3) is 0 Å². The van der Waals surface area contributed by atoms with E-state index in [9.17, 15) is 0 Å². The molecule has 0 unspecified atom stereocenters. The zero-order valence-corrected chi connectivity index (χ0v) is 12.4. The SMILES string of the molecule is CCC1(CC)CCN(c2ccnc3cc(N)ccc23)C1. The van der Waals surface area contributed by atoms with Crippen LogP contribution in [-0.4, -0.2) is 18.1 Å². The highest BCUT2D eigenvalue weighted by Gasteiger charge is 2.35. The van der Waals surface area contributed by atoms with Crippen molar-refractivity contribution in [2.24, 2.45) is 5.41 Å². The van der Waals surface area contributed by atoms with E-state index in [4.69, 9.17) is 5.73 Å². The third-order valence-electron chi connectivity index (χ3n) is 5.02. The van der Waals surface area contributed by atoms with Gasteiger partial charge in [-0.05, 0) is 48.9 Å². The molecule has 1 fully saturated rings. The first kappa shape index (κ1) is 13.2. The van der Waals surface area contributed by atoms with Crippen LogP contribution < -0.4 is 10.6 Å². The second-order valence-corrected chi connectivity index (χ2v) is 5.99. The minimum absolute atomic E-state index is 0.489. The topological polar surface area (TPSA) is 42.2 Å². The molecule has 0 aliphatic carbocycles. The van der Waals surface area contributed by atoms with Gasteiger partial charge < -0.3 is 10.6 Å². The highest BCUT2D eigenvalue weighted by Crippen LogP contribution is 2.40. The molecule has 0 saturated carbocycles. The molecule has 2 heterocycles. The molecule has 3 nitrogen and oxygen atoms in total. The lowest BCUT2D eigenvalue weighted by Crippen LogP contribution is -2.26. The molecule has 3 rings (SSSR count).